The molecule has 1 aliphatic carbocycles. The predicted octanol–water partition coefficient (Wildman–Crippen LogP) is 0.729. The van der Waals surface area contributed by atoms with Gasteiger partial charge < -0.3 is 15.4 Å². The molecular formula is C10H18N2O2. The Bertz CT molecular complexity index is 237. The summed E-state index contributed by atoms with van der Waals surface area (Å²) in [7, 11) is 0. The molecule has 1 heterocycles. The van der Waals surface area contributed by atoms with Crippen LogP contribution in [0.1, 0.15) is 20.8 Å². The zero-order valence-electron chi connectivity index (χ0n) is 8.96. The van der Waals surface area contributed by atoms with E-state index in [-0.39, 0.29) is 6.09 Å². The zero-order valence-corrected chi connectivity index (χ0v) is 8.96. The highest BCUT2D eigenvalue weighted by Gasteiger charge is 2.56. The molecule has 0 spiro atoms. The summed E-state index contributed by atoms with van der Waals surface area (Å²) >= 11 is 0. The molecule has 4 nitrogen and oxygen atoms in total. The molecule has 2 rings (SSSR count). The number of carbonyl (C=O) groups excluding carboxylic acids is 1. The largest absolute Gasteiger partial charge is 0.444 e. The van der Waals surface area contributed by atoms with Gasteiger partial charge in [-0.3, -0.25) is 0 Å². The van der Waals surface area contributed by atoms with Crippen molar-refractivity contribution in [2.45, 2.75) is 32.4 Å². The molecule has 2 aliphatic rings. The lowest BCUT2D eigenvalue weighted by Crippen LogP contribution is -2.34. The fraction of sp³-hybridized carbons (Fsp3) is 0.900. The van der Waals surface area contributed by atoms with E-state index < -0.39 is 5.60 Å². The molecule has 0 aromatic heterocycles. The van der Waals surface area contributed by atoms with Crippen LogP contribution < -0.4 is 10.6 Å². The maximum Gasteiger partial charge on any atom is 0.407 e. The summed E-state index contributed by atoms with van der Waals surface area (Å²) in [5, 5.41) is 6.11. The Morgan fingerprint density at radius 3 is 2.64 bits per heavy atom. The van der Waals surface area contributed by atoms with Crippen molar-refractivity contribution < 1.29 is 9.53 Å². The first-order chi connectivity index (χ1) is 6.47. The van der Waals surface area contributed by atoms with Crippen LogP contribution in [0, 0.1) is 11.8 Å². The van der Waals surface area contributed by atoms with E-state index in [0.717, 1.165) is 19.0 Å². The Labute approximate surface area is 84.4 Å². The Morgan fingerprint density at radius 2 is 2.21 bits per heavy atom. The molecule has 2 N–H and O–H groups in total. The van der Waals surface area contributed by atoms with E-state index in [2.05, 4.69) is 10.6 Å². The van der Waals surface area contributed by atoms with Crippen molar-refractivity contribution in [3.63, 3.8) is 0 Å². The van der Waals surface area contributed by atoms with Gasteiger partial charge in [0.05, 0.1) is 0 Å². The summed E-state index contributed by atoms with van der Waals surface area (Å²) in [6, 6.07) is 0.671. The number of carbonyl (C=O) groups is 1. The summed E-state index contributed by atoms with van der Waals surface area (Å²) in [6.45, 7) is 7.47. The van der Waals surface area contributed by atoms with Crippen molar-refractivity contribution in [2.75, 3.05) is 13.1 Å². The third-order valence-electron chi connectivity index (χ3n) is 2.80. The van der Waals surface area contributed by atoms with Crippen molar-refractivity contribution >= 4 is 6.09 Å². The summed E-state index contributed by atoms with van der Waals surface area (Å²) in [5.41, 5.74) is -0.398. The lowest BCUT2D eigenvalue weighted by atomic mass is 10.2. The van der Waals surface area contributed by atoms with Crippen LogP contribution in [0.4, 0.5) is 4.79 Å². The predicted molar refractivity (Wildman–Crippen MR) is 53.0 cm³/mol. The van der Waals surface area contributed by atoms with Crippen molar-refractivity contribution in [3.8, 4) is 0 Å². The van der Waals surface area contributed by atoms with Crippen molar-refractivity contribution in [1.82, 2.24) is 10.6 Å². The molecule has 4 heteroatoms. The molecule has 0 bridgehead atoms. The molecule has 1 aliphatic heterocycles. The average molecular weight is 198 g/mol. The summed E-state index contributed by atoms with van der Waals surface area (Å²) in [6.07, 6.45) is -0.302. The Balaban J connectivity index is 1.63. The lowest BCUT2D eigenvalue weighted by Gasteiger charge is -2.19. The number of fused-ring (bicyclic) bond motifs is 1. The maximum absolute atomic E-state index is 11.3. The van der Waals surface area contributed by atoms with Crippen molar-refractivity contribution in [3.05, 3.63) is 0 Å². The second kappa shape index (κ2) is 3.12. The quantitative estimate of drug-likeness (QED) is 0.687. The highest BCUT2D eigenvalue weighted by Crippen LogP contribution is 2.44. The van der Waals surface area contributed by atoms with Crippen LogP contribution >= 0.6 is 0 Å². The normalized spacial score (nSPS) is 34.1. The lowest BCUT2D eigenvalue weighted by molar-refractivity contribution is 0.0525. The number of hydrogen-bond acceptors (Lipinski definition) is 3. The molecule has 14 heavy (non-hydrogen) atoms. The number of amides is 1. The van der Waals surface area contributed by atoms with Crippen LogP contribution in [0.15, 0.2) is 0 Å². The van der Waals surface area contributed by atoms with Crippen molar-refractivity contribution in [2.24, 2.45) is 11.8 Å². The third kappa shape index (κ3) is 2.00. The van der Waals surface area contributed by atoms with Crippen LogP contribution in [0.3, 0.4) is 0 Å². The van der Waals surface area contributed by atoms with Gasteiger partial charge in [-0.25, -0.2) is 4.79 Å². The molecule has 80 valence electrons. The minimum Gasteiger partial charge on any atom is -0.444 e. The highest BCUT2D eigenvalue weighted by molar-refractivity contribution is 5.67. The summed E-state index contributed by atoms with van der Waals surface area (Å²) < 4.78 is 5.14. The molecule has 1 saturated heterocycles. The minimum atomic E-state index is -0.398. The van der Waals surface area contributed by atoms with Gasteiger partial charge in [0.25, 0.3) is 0 Å². The molecule has 0 radical (unpaired) electrons. The fourth-order valence-corrected chi connectivity index (χ4v) is 1.93. The van der Waals surface area contributed by atoms with E-state index in [1.165, 1.54) is 0 Å². The number of ether oxygens (including phenoxy) is 1. The number of alkyl carbamates (subject to hydrolysis) is 1. The smallest absolute Gasteiger partial charge is 0.407 e. The molecule has 2 fully saturated rings. The van der Waals surface area contributed by atoms with Gasteiger partial charge in [0.2, 0.25) is 0 Å². The van der Waals surface area contributed by atoms with Crippen LogP contribution in [0.5, 0.6) is 0 Å². The fourth-order valence-electron chi connectivity index (χ4n) is 1.93. The number of nitrogens with one attached hydrogen (secondary N) is 2. The van der Waals surface area contributed by atoms with Gasteiger partial charge in [0.1, 0.15) is 5.60 Å². The van der Waals surface area contributed by atoms with Gasteiger partial charge >= 0.3 is 6.09 Å². The summed E-state index contributed by atoms with van der Waals surface area (Å²) in [4.78, 5) is 11.3. The average Bonchev–Trinajstić information content (AvgIpc) is 2.43. The molecule has 3 unspecified atom stereocenters. The van der Waals surface area contributed by atoms with Gasteiger partial charge in [0, 0.05) is 19.1 Å². The molecule has 1 amide bonds. The van der Waals surface area contributed by atoms with Crippen LogP contribution in [-0.4, -0.2) is 30.8 Å². The summed E-state index contributed by atoms with van der Waals surface area (Å²) in [5.74, 6) is 1.45. The van der Waals surface area contributed by atoms with E-state index in [1.54, 1.807) is 0 Å². The third-order valence-corrected chi connectivity index (χ3v) is 2.80. The van der Waals surface area contributed by atoms with Crippen LogP contribution in [-0.2, 0) is 4.74 Å². The van der Waals surface area contributed by atoms with E-state index in [1.807, 2.05) is 20.8 Å². The Morgan fingerprint density at radius 1 is 1.57 bits per heavy atom. The van der Waals surface area contributed by atoms with Gasteiger partial charge in [-0.1, -0.05) is 0 Å². The minimum absolute atomic E-state index is 0.302. The zero-order chi connectivity index (χ0) is 10.3. The molecule has 1 saturated carbocycles. The molecule has 0 aromatic carbocycles. The van der Waals surface area contributed by atoms with E-state index in [0.29, 0.717) is 12.0 Å². The first kappa shape index (κ1) is 9.77. The van der Waals surface area contributed by atoms with Crippen molar-refractivity contribution in [1.29, 1.82) is 0 Å². The molecule has 3 atom stereocenters. The van der Waals surface area contributed by atoms with Gasteiger partial charge in [-0.15, -0.1) is 0 Å². The van der Waals surface area contributed by atoms with Gasteiger partial charge in [-0.2, -0.15) is 0 Å². The van der Waals surface area contributed by atoms with Gasteiger partial charge in [0.15, 0.2) is 0 Å². The first-order valence-electron chi connectivity index (χ1n) is 5.17. The molecule has 0 aromatic rings. The second-order valence-electron chi connectivity index (χ2n) is 5.14. The van der Waals surface area contributed by atoms with Crippen LogP contribution in [0.25, 0.3) is 0 Å². The van der Waals surface area contributed by atoms with E-state index in [9.17, 15) is 4.79 Å². The Kier molecular flexibility index (Phi) is 2.18. The number of rotatable bonds is 2. The van der Waals surface area contributed by atoms with Gasteiger partial charge in [-0.05, 0) is 32.6 Å². The monoisotopic (exact) mass is 198 g/mol. The first-order valence-corrected chi connectivity index (χ1v) is 5.17. The van der Waals surface area contributed by atoms with Crippen LogP contribution in [0.2, 0.25) is 0 Å². The highest BCUT2D eigenvalue weighted by atomic mass is 16.6. The SMILES string of the molecule is CC(C)(C)OC(=O)NCC1C2CNC12. The standard InChI is InChI=1S/C10H18N2O2/c1-10(2,3)14-9(13)12-5-7-6-4-11-8(6)7/h6-8,11H,4-5H2,1-3H3,(H,12,13). The van der Waals surface area contributed by atoms with E-state index in [4.69, 9.17) is 4.74 Å². The van der Waals surface area contributed by atoms with E-state index >= 15 is 0 Å². The topological polar surface area (TPSA) is 50.4 Å². The Hall–Kier alpha value is -0.770. The second-order valence-corrected chi connectivity index (χ2v) is 5.14. The number of hydrogen-bond donors (Lipinski definition) is 2. The molecular weight excluding hydrogens is 180 g/mol. The maximum atomic E-state index is 11.3.